The Bertz CT molecular complexity index is 257. The molecule has 0 N–H and O–H groups in total. The van der Waals surface area contributed by atoms with Crippen LogP contribution >= 0.6 is 0 Å². The summed E-state index contributed by atoms with van der Waals surface area (Å²) in [5.74, 6) is 0. The lowest BCUT2D eigenvalue weighted by atomic mass is 9.98. The number of rotatable bonds is 2. The molecule has 1 aliphatic heterocycles. The van der Waals surface area contributed by atoms with Gasteiger partial charge in [-0.25, -0.2) is 0 Å². The molecule has 1 saturated heterocycles. The largest absolute Gasteiger partial charge is 0.356 e. The van der Waals surface area contributed by atoms with Gasteiger partial charge in [0, 0.05) is 31.4 Å². The van der Waals surface area contributed by atoms with Crippen molar-refractivity contribution in [2.75, 3.05) is 13.6 Å². The maximum absolute atomic E-state index is 4.13. The number of hydrogen-bond acceptors (Lipinski definition) is 2. The van der Waals surface area contributed by atoms with Crippen LogP contribution in [0.1, 0.15) is 33.6 Å². The molecular weight excluding hydrogens is 172 g/mol. The van der Waals surface area contributed by atoms with E-state index >= 15 is 0 Å². The summed E-state index contributed by atoms with van der Waals surface area (Å²) < 4.78 is 0. The fourth-order valence-electron chi connectivity index (χ4n) is 2.30. The van der Waals surface area contributed by atoms with Gasteiger partial charge >= 0.3 is 0 Å². The van der Waals surface area contributed by atoms with Crippen LogP contribution in [0, 0.1) is 0 Å². The maximum atomic E-state index is 4.13. The summed E-state index contributed by atoms with van der Waals surface area (Å²) in [6.45, 7) is 15.9. The van der Waals surface area contributed by atoms with E-state index in [2.05, 4.69) is 50.8 Å². The third-order valence-corrected chi connectivity index (χ3v) is 3.55. The van der Waals surface area contributed by atoms with E-state index in [1.165, 1.54) is 11.4 Å². The van der Waals surface area contributed by atoms with E-state index in [4.69, 9.17) is 0 Å². The smallest absolute Gasteiger partial charge is 0.109 e. The summed E-state index contributed by atoms with van der Waals surface area (Å²) >= 11 is 0. The van der Waals surface area contributed by atoms with E-state index in [1.807, 2.05) is 0 Å². The first-order valence-electron chi connectivity index (χ1n) is 5.34. The van der Waals surface area contributed by atoms with Crippen LogP contribution < -0.4 is 0 Å². The average Bonchev–Trinajstić information content (AvgIpc) is 2.15. The highest BCUT2D eigenvalue weighted by atomic mass is 15.4. The second-order valence-corrected chi connectivity index (χ2v) is 4.18. The third kappa shape index (κ3) is 1.43. The summed E-state index contributed by atoms with van der Waals surface area (Å²) in [4.78, 5) is 4.66. The molecule has 0 spiro atoms. The second kappa shape index (κ2) is 3.68. The number of hydrogen-bond donors (Lipinski definition) is 0. The Hall–Kier alpha value is -0.920. The fourth-order valence-corrected chi connectivity index (χ4v) is 2.30. The molecule has 1 unspecified atom stereocenters. The van der Waals surface area contributed by atoms with Gasteiger partial charge in [0.15, 0.2) is 0 Å². The monoisotopic (exact) mass is 194 g/mol. The van der Waals surface area contributed by atoms with Gasteiger partial charge in [-0.05, 0) is 20.3 Å². The van der Waals surface area contributed by atoms with E-state index in [0.29, 0.717) is 0 Å². The van der Waals surface area contributed by atoms with Crippen molar-refractivity contribution in [3.05, 3.63) is 24.6 Å². The molecule has 1 aliphatic rings. The van der Waals surface area contributed by atoms with Gasteiger partial charge in [0.1, 0.15) is 5.66 Å². The molecule has 0 radical (unpaired) electrons. The summed E-state index contributed by atoms with van der Waals surface area (Å²) in [5.41, 5.74) is 2.42. The molecule has 1 fully saturated rings. The standard InChI is InChI=1S/C12H22N2/c1-7-12(5)13(6)10(3)9-11(4)14(12)8-2/h3-4,7-9H2,1-2,5-6H3. The Morgan fingerprint density at radius 2 is 1.86 bits per heavy atom. The van der Waals surface area contributed by atoms with Crippen molar-refractivity contribution in [1.82, 2.24) is 9.80 Å². The quantitative estimate of drug-likeness (QED) is 0.667. The van der Waals surface area contributed by atoms with E-state index in [9.17, 15) is 0 Å². The van der Waals surface area contributed by atoms with Gasteiger partial charge in [0.2, 0.25) is 0 Å². The molecule has 1 rings (SSSR count). The second-order valence-electron chi connectivity index (χ2n) is 4.18. The fraction of sp³-hybridized carbons (Fsp3) is 0.667. The van der Waals surface area contributed by atoms with Crippen LogP contribution in [-0.2, 0) is 0 Å². The average molecular weight is 194 g/mol. The summed E-state index contributed by atoms with van der Waals surface area (Å²) in [5, 5.41) is 0. The van der Waals surface area contributed by atoms with Crippen LogP contribution in [0.3, 0.4) is 0 Å². The van der Waals surface area contributed by atoms with Crippen molar-refractivity contribution >= 4 is 0 Å². The van der Waals surface area contributed by atoms with Gasteiger partial charge in [0.05, 0.1) is 0 Å². The van der Waals surface area contributed by atoms with E-state index in [1.54, 1.807) is 0 Å². The highest BCUT2D eigenvalue weighted by molar-refractivity contribution is 5.18. The molecule has 2 heteroatoms. The van der Waals surface area contributed by atoms with Gasteiger partial charge < -0.3 is 9.80 Å². The highest BCUT2D eigenvalue weighted by Crippen LogP contribution is 2.36. The van der Waals surface area contributed by atoms with E-state index in [-0.39, 0.29) is 5.66 Å². The van der Waals surface area contributed by atoms with Crippen LogP contribution in [0.25, 0.3) is 0 Å². The summed E-state index contributed by atoms with van der Waals surface area (Å²) in [7, 11) is 2.13. The Balaban J connectivity index is 3.05. The van der Waals surface area contributed by atoms with Gasteiger partial charge in [-0.2, -0.15) is 0 Å². The summed E-state index contributed by atoms with van der Waals surface area (Å²) in [6, 6.07) is 0. The van der Waals surface area contributed by atoms with Gasteiger partial charge in [-0.15, -0.1) is 0 Å². The predicted octanol–water partition coefficient (Wildman–Crippen LogP) is 2.80. The topological polar surface area (TPSA) is 6.48 Å². The molecule has 0 saturated carbocycles. The Morgan fingerprint density at radius 1 is 1.29 bits per heavy atom. The molecule has 14 heavy (non-hydrogen) atoms. The van der Waals surface area contributed by atoms with Crippen molar-refractivity contribution in [1.29, 1.82) is 0 Å². The van der Waals surface area contributed by atoms with Crippen LogP contribution in [-0.4, -0.2) is 29.1 Å². The summed E-state index contributed by atoms with van der Waals surface area (Å²) in [6.07, 6.45) is 1.98. The molecule has 0 bridgehead atoms. The molecule has 1 atom stereocenters. The Labute approximate surface area is 87.9 Å². The van der Waals surface area contributed by atoms with Crippen molar-refractivity contribution in [3.63, 3.8) is 0 Å². The minimum Gasteiger partial charge on any atom is -0.356 e. The minimum absolute atomic E-state index is 0.0567. The van der Waals surface area contributed by atoms with Crippen molar-refractivity contribution in [2.45, 2.75) is 39.3 Å². The lowest BCUT2D eigenvalue weighted by molar-refractivity contribution is -0.00867. The maximum Gasteiger partial charge on any atom is 0.109 e. The third-order valence-electron chi connectivity index (χ3n) is 3.55. The van der Waals surface area contributed by atoms with Crippen LogP contribution in [0.2, 0.25) is 0 Å². The molecule has 1 heterocycles. The van der Waals surface area contributed by atoms with Crippen LogP contribution in [0.4, 0.5) is 0 Å². The highest BCUT2D eigenvalue weighted by Gasteiger charge is 2.38. The van der Waals surface area contributed by atoms with E-state index in [0.717, 1.165) is 19.4 Å². The zero-order chi connectivity index (χ0) is 10.9. The molecule has 0 aliphatic carbocycles. The zero-order valence-electron chi connectivity index (χ0n) is 9.93. The van der Waals surface area contributed by atoms with Crippen molar-refractivity contribution in [3.8, 4) is 0 Å². The molecule has 0 aromatic carbocycles. The first kappa shape index (κ1) is 11.2. The Kier molecular flexibility index (Phi) is 2.93. The van der Waals surface area contributed by atoms with Crippen molar-refractivity contribution in [2.24, 2.45) is 0 Å². The molecule has 0 aromatic rings. The lowest BCUT2D eigenvalue weighted by Crippen LogP contribution is -2.58. The normalized spacial score (nSPS) is 28.6. The number of nitrogens with zero attached hydrogens (tertiary/aromatic N) is 2. The predicted molar refractivity (Wildman–Crippen MR) is 61.7 cm³/mol. The lowest BCUT2D eigenvalue weighted by Gasteiger charge is -2.54. The first-order chi connectivity index (χ1) is 6.47. The van der Waals surface area contributed by atoms with Gasteiger partial charge in [-0.3, -0.25) is 0 Å². The minimum atomic E-state index is 0.0567. The SMILES string of the molecule is C=C1CC(=C)N(CC)C(C)(CC)N1C. The van der Waals surface area contributed by atoms with Crippen LogP contribution in [0.15, 0.2) is 24.6 Å². The molecule has 80 valence electrons. The molecule has 0 aromatic heterocycles. The van der Waals surface area contributed by atoms with Gasteiger partial charge in [-0.1, -0.05) is 20.1 Å². The molecule has 0 amide bonds. The molecule has 2 nitrogen and oxygen atoms in total. The van der Waals surface area contributed by atoms with Gasteiger partial charge in [0.25, 0.3) is 0 Å². The molecular formula is C12H22N2. The van der Waals surface area contributed by atoms with Crippen LogP contribution in [0.5, 0.6) is 0 Å². The van der Waals surface area contributed by atoms with Crippen molar-refractivity contribution < 1.29 is 0 Å². The zero-order valence-corrected chi connectivity index (χ0v) is 9.93. The Morgan fingerprint density at radius 3 is 2.29 bits per heavy atom. The van der Waals surface area contributed by atoms with E-state index < -0.39 is 0 Å². The first-order valence-corrected chi connectivity index (χ1v) is 5.34.